The number of nitrogens with one attached hydrogen (secondary N) is 1. The minimum absolute atomic E-state index is 0.0822. The summed E-state index contributed by atoms with van der Waals surface area (Å²) < 4.78 is 33.4. The van der Waals surface area contributed by atoms with Crippen LogP contribution in [0, 0.1) is 5.41 Å². The van der Waals surface area contributed by atoms with E-state index in [-0.39, 0.29) is 17.1 Å². The van der Waals surface area contributed by atoms with Gasteiger partial charge < -0.3 is 14.2 Å². The van der Waals surface area contributed by atoms with Gasteiger partial charge in [0.1, 0.15) is 5.52 Å². The SMILES string of the molecule is CCC1(CCNC(=O)c2ccc(S(N)(=O)=O)o2)CC(c2nc3cc(Cl)ccc3o2)C1. The summed E-state index contributed by atoms with van der Waals surface area (Å²) in [4.78, 5) is 16.8. The van der Waals surface area contributed by atoms with E-state index in [2.05, 4.69) is 17.2 Å². The van der Waals surface area contributed by atoms with E-state index in [0.717, 1.165) is 42.7 Å². The van der Waals surface area contributed by atoms with E-state index in [1.165, 1.54) is 12.1 Å². The molecule has 0 bridgehead atoms. The van der Waals surface area contributed by atoms with Crippen LogP contribution in [0.3, 0.4) is 0 Å². The van der Waals surface area contributed by atoms with E-state index in [1.807, 2.05) is 6.07 Å². The Bertz CT molecular complexity index is 1190. The molecule has 0 aliphatic heterocycles. The van der Waals surface area contributed by atoms with Crippen LogP contribution in [0.25, 0.3) is 11.1 Å². The predicted octanol–water partition coefficient (Wildman–Crippen LogP) is 3.82. The van der Waals surface area contributed by atoms with Crippen LogP contribution in [0.4, 0.5) is 0 Å². The summed E-state index contributed by atoms with van der Waals surface area (Å²) in [6, 6.07) is 7.86. The van der Waals surface area contributed by atoms with Crippen LogP contribution in [0.15, 0.2) is 44.3 Å². The highest BCUT2D eigenvalue weighted by Crippen LogP contribution is 2.55. The Hall–Kier alpha value is -2.36. The van der Waals surface area contributed by atoms with Crippen molar-refractivity contribution in [3.05, 3.63) is 47.0 Å². The molecule has 160 valence electrons. The standard InChI is InChI=1S/C20H22ClN3O5S/c1-2-20(7-8-23-18(25)16-5-6-17(28-16)30(22,26)27)10-12(11-20)19-24-14-9-13(21)3-4-15(14)29-19/h3-6,9,12H,2,7-8,10-11H2,1H3,(H,23,25)(H2,22,26,27). The quantitative estimate of drug-likeness (QED) is 0.561. The summed E-state index contributed by atoms with van der Waals surface area (Å²) in [5.41, 5.74) is 1.59. The number of nitrogens with two attached hydrogens (primary N) is 1. The van der Waals surface area contributed by atoms with Crippen molar-refractivity contribution in [1.29, 1.82) is 0 Å². The minimum Gasteiger partial charge on any atom is -0.440 e. The molecule has 2 aromatic heterocycles. The fraction of sp³-hybridized carbons (Fsp3) is 0.400. The molecule has 3 N–H and O–H groups in total. The average molecular weight is 452 g/mol. The van der Waals surface area contributed by atoms with Crippen molar-refractivity contribution >= 4 is 38.6 Å². The molecule has 2 heterocycles. The second-order valence-corrected chi connectivity index (χ2v) is 9.72. The maximum absolute atomic E-state index is 12.2. The van der Waals surface area contributed by atoms with E-state index < -0.39 is 21.0 Å². The Morgan fingerprint density at radius 2 is 2.07 bits per heavy atom. The largest absolute Gasteiger partial charge is 0.440 e. The van der Waals surface area contributed by atoms with E-state index >= 15 is 0 Å². The molecule has 3 aromatic rings. The molecule has 1 aliphatic rings. The van der Waals surface area contributed by atoms with Gasteiger partial charge in [-0.3, -0.25) is 4.79 Å². The number of halogens is 1. The minimum atomic E-state index is -3.97. The summed E-state index contributed by atoms with van der Waals surface area (Å²) in [7, 11) is -3.97. The number of primary sulfonamides is 1. The third-order valence-electron chi connectivity index (χ3n) is 5.85. The van der Waals surface area contributed by atoms with Crippen molar-refractivity contribution < 1.29 is 22.0 Å². The first-order valence-corrected chi connectivity index (χ1v) is 11.6. The molecule has 8 nitrogen and oxygen atoms in total. The third kappa shape index (κ3) is 4.10. The van der Waals surface area contributed by atoms with Crippen LogP contribution in [0.1, 0.15) is 55.0 Å². The number of aromatic nitrogens is 1. The third-order valence-corrected chi connectivity index (χ3v) is 6.87. The lowest BCUT2D eigenvalue weighted by Crippen LogP contribution is -2.39. The van der Waals surface area contributed by atoms with E-state index in [4.69, 9.17) is 25.6 Å². The van der Waals surface area contributed by atoms with Crippen LogP contribution in [0.5, 0.6) is 0 Å². The second kappa shape index (κ2) is 7.72. The number of fused-ring (bicyclic) bond motifs is 1. The van der Waals surface area contributed by atoms with E-state index in [1.54, 1.807) is 12.1 Å². The van der Waals surface area contributed by atoms with E-state index in [9.17, 15) is 13.2 Å². The topological polar surface area (TPSA) is 128 Å². The van der Waals surface area contributed by atoms with Gasteiger partial charge in [0.25, 0.3) is 15.9 Å². The number of amides is 1. The molecule has 0 atom stereocenters. The molecular weight excluding hydrogens is 430 g/mol. The van der Waals surface area contributed by atoms with Gasteiger partial charge in [0.15, 0.2) is 17.2 Å². The zero-order chi connectivity index (χ0) is 21.5. The number of carbonyl (C=O) groups is 1. The second-order valence-electron chi connectivity index (χ2n) is 7.79. The molecule has 4 rings (SSSR count). The van der Waals surface area contributed by atoms with Crippen molar-refractivity contribution in [1.82, 2.24) is 10.3 Å². The molecule has 1 fully saturated rings. The van der Waals surface area contributed by atoms with Crippen molar-refractivity contribution in [3.63, 3.8) is 0 Å². The van der Waals surface area contributed by atoms with Gasteiger partial charge >= 0.3 is 0 Å². The van der Waals surface area contributed by atoms with E-state index in [0.29, 0.717) is 11.6 Å². The maximum atomic E-state index is 12.2. The number of nitrogens with zero attached hydrogens (tertiary/aromatic N) is 1. The summed E-state index contributed by atoms with van der Waals surface area (Å²) in [5.74, 6) is 0.421. The fourth-order valence-electron chi connectivity index (χ4n) is 4.05. The van der Waals surface area contributed by atoms with Crippen molar-refractivity contribution in [2.45, 2.75) is 43.6 Å². The smallest absolute Gasteiger partial charge is 0.287 e. The zero-order valence-corrected chi connectivity index (χ0v) is 17.9. The number of benzene rings is 1. The summed E-state index contributed by atoms with van der Waals surface area (Å²) in [5, 5.41) is 7.97. The Kier molecular flexibility index (Phi) is 5.37. The van der Waals surface area contributed by atoms with Crippen LogP contribution in [0.2, 0.25) is 5.02 Å². The summed E-state index contributed by atoms with van der Waals surface area (Å²) in [6.07, 6.45) is 3.62. The van der Waals surface area contributed by atoms with Gasteiger partial charge in [-0.15, -0.1) is 0 Å². The lowest BCUT2D eigenvalue weighted by molar-refractivity contribution is 0.0677. The number of carbonyl (C=O) groups excluding carboxylic acids is 1. The highest BCUT2D eigenvalue weighted by atomic mass is 35.5. The Balaban J connectivity index is 1.33. The molecule has 1 amide bonds. The van der Waals surface area contributed by atoms with Crippen LogP contribution in [-0.4, -0.2) is 25.9 Å². The number of hydrogen-bond acceptors (Lipinski definition) is 6. The molecule has 10 heteroatoms. The highest BCUT2D eigenvalue weighted by Gasteiger charge is 2.45. The van der Waals surface area contributed by atoms with Gasteiger partial charge in [0.05, 0.1) is 0 Å². The summed E-state index contributed by atoms with van der Waals surface area (Å²) >= 11 is 6.01. The van der Waals surface area contributed by atoms with Crippen molar-refractivity contribution in [3.8, 4) is 0 Å². The van der Waals surface area contributed by atoms with Crippen molar-refractivity contribution in [2.75, 3.05) is 6.54 Å². The van der Waals surface area contributed by atoms with Crippen LogP contribution < -0.4 is 10.5 Å². The molecule has 0 unspecified atom stereocenters. The van der Waals surface area contributed by atoms with Gasteiger partial charge in [-0.2, -0.15) is 0 Å². The molecule has 30 heavy (non-hydrogen) atoms. The molecule has 0 radical (unpaired) electrons. The molecule has 1 saturated carbocycles. The lowest BCUT2D eigenvalue weighted by atomic mass is 9.59. The monoisotopic (exact) mass is 451 g/mol. The predicted molar refractivity (Wildman–Crippen MR) is 111 cm³/mol. The first-order valence-electron chi connectivity index (χ1n) is 9.66. The highest BCUT2D eigenvalue weighted by molar-refractivity contribution is 7.89. The maximum Gasteiger partial charge on any atom is 0.287 e. The number of hydrogen-bond donors (Lipinski definition) is 2. The first-order chi connectivity index (χ1) is 14.2. The summed E-state index contributed by atoms with van der Waals surface area (Å²) in [6.45, 7) is 2.59. The number of rotatable bonds is 7. The van der Waals surface area contributed by atoms with Crippen molar-refractivity contribution in [2.24, 2.45) is 10.6 Å². The normalized spacial score (nSPS) is 21.5. The van der Waals surface area contributed by atoms with Gasteiger partial charge in [-0.05, 0) is 55.0 Å². The number of sulfonamides is 1. The molecule has 1 aromatic carbocycles. The fourth-order valence-corrected chi connectivity index (χ4v) is 4.68. The Morgan fingerprint density at radius 3 is 2.73 bits per heavy atom. The molecule has 0 spiro atoms. The molecular formula is C20H22ClN3O5S. The molecule has 1 aliphatic carbocycles. The average Bonchev–Trinajstić information content (AvgIpc) is 3.30. The first kappa shape index (κ1) is 20.9. The van der Waals surface area contributed by atoms with Gasteiger partial charge in [-0.1, -0.05) is 24.9 Å². The molecule has 0 saturated heterocycles. The number of furan rings is 1. The zero-order valence-electron chi connectivity index (χ0n) is 16.4. The van der Waals surface area contributed by atoms with Crippen LogP contribution >= 0.6 is 11.6 Å². The van der Waals surface area contributed by atoms with Crippen LogP contribution in [-0.2, 0) is 10.0 Å². The lowest BCUT2D eigenvalue weighted by Gasteiger charge is -2.46. The number of oxazole rings is 1. The van der Waals surface area contributed by atoms with Gasteiger partial charge in [-0.25, -0.2) is 18.5 Å². The van der Waals surface area contributed by atoms with Gasteiger partial charge in [0.2, 0.25) is 5.09 Å². The Labute approximate surface area is 178 Å². The van der Waals surface area contributed by atoms with Gasteiger partial charge in [0, 0.05) is 17.5 Å². The Morgan fingerprint density at radius 1 is 1.30 bits per heavy atom.